The highest BCUT2D eigenvalue weighted by atomic mass is 32.1. The maximum absolute atomic E-state index is 12.5. The number of rotatable bonds is 5. The molecular weight excluding hydrogens is 244 g/mol. The van der Waals surface area contributed by atoms with E-state index in [9.17, 15) is 4.79 Å². The van der Waals surface area contributed by atoms with Gasteiger partial charge in [0.15, 0.2) is 0 Å². The van der Waals surface area contributed by atoms with Gasteiger partial charge in [-0.2, -0.15) is 0 Å². The third-order valence-corrected chi connectivity index (χ3v) is 3.06. The van der Waals surface area contributed by atoms with E-state index in [0.29, 0.717) is 18.0 Å². The molecule has 0 atom stereocenters. The average Bonchev–Trinajstić information content (AvgIpc) is 2.28. The second-order valence-corrected chi connectivity index (χ2v) is 5.15. The van der Waals surface area contributed by atoms with Gasteiger partial charge in [-0.05, 0) is 32.4 Å². The van der Waals surface area contributed by atoms with Crippen molar-refractivity contribution in [1.82, 2.24) is 4.90 Å². The van der Waals surface area contributed by atoms with Gasteiger partial charge in [-0.1, -0.05) is 30.4 Å². The van der Waals surface area contributed by atoms with Crippen LogP contribution in [-0.4, -0.2) is 28.4 Å². The Morgan fingerprint density at radius 3 is 2.50 bits per heavy atom. The lowest BCUT2D eigenvalue weighted by atomic mass is 10.1. The first kappa shape index (κ1) is 14.6. The van der Waals surface area contributed by atoms with E-state index in [2.05, 4.69) is 0 Å². The first-order chi connectivity index (χ1) is 8.43. The summed E-state index contributed by atoms with van der Waals surface area (Å²) in [5.74, 6) is 0.0411. The quantitative estimate of drug-likeness (QED) is 0.831. The number of carbonyl (C=O) groups is 1. The standard InChI is InChI=1S/C14H20N2OS/c1-10(2)16(9-8-13(15)18)14(17)12-7-5-4-6-11(12)3/h4-7,10H,8-9H2,1-3H3,(H2,15,18). The molecular formula is C14H20N2OS. The molecule has 0 unspecified atom stereocenters. The largest absolute Gasteiger partial charge is 0.393 e. The summed E-state index contributed by atoms with van der Waals surface area (Å²) < 4.78 is 0. The zero-order valence-electron chi connectivity index (χ0n) is 11.1. The Hall–Kier alpha value is -1.42. The van der Waals surface area contributed by atoms with E-state index in [4.69, 9.17) is 18.0 Å². The third kappa shape index (κ3) is 3.81. The first-order valence-corrected chi connectivity index (χ1v) is 6.49. The summed E-state index contributed by atoms with van der Waals surface area (Å²) in [6.45, 7) is 6.50. The topological polar surface area (TPSA) is 46.3 Å². The minimum Gasteiger partial charge on any atom is -0.393 e. The van der Waals surface area contributed by atoms with Crippen molar-refractivity contribution in [2.24, 2.45) is 5.73 Å². The molecule has 1 aromatic rings. The van der Waals surface area contributed by atoms with Crippen LogP contribution in [0.2, 0.25) is 0 Å². The number of thiocarbonyl (C=S) groups is 1. The summed E-state index contributed by atoms with van der Waals surface area (Å²) in [5.41, 5.74) is 7.24. The summed E-state index contributed by atoms with van der Waals surface area (Å²) in [6, 6.07) is 7.74. The van der Waals surface area contributed by atoms with E-state index in [1.165, 1.54) is 0 Å². The van der Waals surface area contributed by atoms with Crippen molar-refractivity contribution >= 4 is 23.1 Å². The van der Waals surface area contributed by atoms with Gasteiger partial charge in [0.25, 0.3) is 5.91 Å². The maximum atomic E-state index is 12.5. The molecule has 0 bridgehead atoms. The molecule has 0 aliphatic rings. The molecule has 0 fully saturated rings. The monoisotopic (exact) mass is 264 g/mol. The van der Waals surface area contributed by atoms with Gasteiger partial charge in [0.05, 0.1) is 4.99 Å². The molecule has 0 spiro atoms. The average molecular weight is 264 g/mol. The van der Waals surface area contributed by atoms with Gasteiger partial charge in [0.2, 0.25) is 0 Å². The van der Waals surface area contributed by atoms with Crippen LogP contribution in [-0.2, 0) is 0 Å². The first-order valence-electron chi connectivity index (χ1n) is 6.08. The van der Waals surface area contributed by atoms with Crippen LogP contribution >= 0.6 is 12.2 Å². The predicted molar refractivity (Wildman–Crippen MR) is 78.8 cm³/mol. The molecule has 1 amide bonds. The lowest BCUT2D eigenvalue weighted by Gasteiger charge is -2.27. The molecule has 0 saturated heterocycles. The minimum absolute atomic E-state index is 0.0411. The van der Waals surface area contributed by atoms with Gasteiger partial charge in [-0.15, -0.1) is 0 Å². The Morgan fingerprint density at radius 1 is 1.39 bits per heavy atom. The van der Waals surface area contributed by atoms with Crippen molar-refractivity contribution < 1.29 is 4.79 Å². The molecule has 2 N–H and O–H groups in total. The second kappa shape index (κ2) is 6.50. The van der Waals surface area contributed by atoms with E-state index in [1.807, 2.05) is 49.9 Å². The van der Waals surface area contributed by atoms with Crippen molar-refractivity contribution in [3.05, 3.63) is 35.4 Å². The van der Waals surface area contributed by atoms with Crippen LogP contribution in [0.25, 0.3) is 0 Å². The van der Waals surface area contributed by atoms with Crippen molar-refractivity contribution in [2.45, 2.75) is 33.2 Å². The van der Waals surface area contributed by atoms with Crippen LogP contribution in [0.1, 0.15) is 36.2 Å². The van der Waals surface area contributed by atoms with E-state index in [-0.39, 0.29) is 11.9 Å². The molecule has 0 radical (unpaired) electrons. The number of carbonyl (C=O) groups excluding carboxylic acids is 1. The molecule has 98 valence electrons. The maximum Gasteiger partial charge on any atom is 0.254 e. The summed E-state index contributed by atoms with van der Waals surface area (Å²) >= 11 is 4.87. The molecule has 0 aliphatic heterocycles. The fourth-order valence-electron chi connectivity index (χ4n) is 1.79. The fourth-order valence-corrected chi connectivity index (χ4v) is 1.88. The van der Waals surface area contributed by atoms with Crippen molar-refractivity contribution in [1.29, 1.82) is 0 Å². The van der Waals surface area contributed by atoms with E-state index < -0.39 is 0 Å². The second-order valence-electron chi connectivity index (χ2n) is 4.62. The number of hydrogen-bond donors (Lipinski definition) is 1. The van der Waals surface area contributed by atoms with Gasteiger partial charge in [0.1, 0.15) is 0 Å². The van der Waals surface area contributed by atoms with E-state index >= 15 is 0 Å². The Balaban J connectivity index is 2.90. The van der Waals surface area contributed by atoms with E-state index in [0.717, 1.165) is 11.1 Å². The highest BCUT2D eigenvalue weighted by molar-refractivity contribution is 7.80. The van der Waals surface area contributed by atoms with Crippen LogP contribution in [0, 0.1) is 6.92 Å². The van der Waals surface area contributed by atoms with Crippen LogP contribution < -0.4 is 5.73 Å². The zero-order chi connectivity index (χ0) is 13.7. The number of nitrogens with two attached hydrogens (primary N) is 1. The van der Waals surface area contributed by atoms with Crippen molar-refractivity contribution in [2.75, 3.05) is 6.54 Å². The van der Waals surface area contributed by atoms with Gasteiger partial charge >= 0.3 is 0 Å². The molecule has 3 nitrogen and oxygen atoms in total. The predicted octanol–water partition coefficient (Wildman–Crippen LogP) is 2.52. The molecule has 0 heterocycles. The van der Waals surface area contributed by atoms with Gasteiger partial charge in [-0.3, -0.25) is 4.79 Å². The van der Waals surface area contributed by atoms with Gasteiger partial charge < -0.3 is 10.6 Å². The molecule has 1 rings (SSSR count). The lowest BCUT2D eigenvalue weighted by Crippen LogP contribution is -2.39. The van der Waals surface area contributed by atoms with Crippen LogP contribution in [0.5, 0.6) is 0 Å². The summed E-state index contributed by atoms with van der Waals surface area (Å²) in [7, 11) is 0. The van der Waals surface area contributed by atoms with Crippen LogP contribution in [0.15, 0.2) is 24.3 Å². The Morgan fingerprint density at radius 2 is 2.00 bits per heavy atom. The van der Waals surface area contributed by atoms with Gasteiger partial charge in [-0.25, -0.2) is 0 Å². The van der Waals surface area contributed by atoms with E-state index in [1.54, 1.807) is 0 Å². The fraction of sp³-hybridized carbons (Fsp3) is 0.429. The number of aryl methyl sites for hydroxylation is 1. The zero-order valence-corrected chi connectivity index (χ0v) is 12.0. The highest BCUT2D eigenvalue weighted by Gasteiger charge is 2.19. The van der Waals surface area contributed by atoms with Crippen molar-refractivity contribution in [3.63, 3.8) is 0 Å². The molecule has 0 aromatic heterocycles. The molecule has 1 aromatic carbocycles. The number of hydrogen-bond acceptors (Lipinski definition) is 2. The third-order valence-electron chi connectivity index (χ3n) is 2.86. The number of amides is 1. The molecule has 18 heavy (non-hydrogen) atoms. The smallest absolute Gasteiger partial charge is 0.254 e. The van der Waals surface area contributed by atoms with Gasteiger partial charge in [0, 0.05) is 24.6 Å². The van der Waals surface area contributed by atoms with Crippen LogP contribution in [0.4, 0.5) is 0 Å². The SMILES string of the molecule is Cc1ccccc1C(=O)N(CCC(N)=S)C(C)C. The number of nitrogens with zero attached hydrogens (tertiary/aromatic N) is 1. The molecule has 0 saturated carbocycles. The summed E-state index contributed by atoms with van der Waals surface area (Å²) in [4.78, 5) is 14.7. The lowest BCUT2D eigenvalue weighted by molar-refractivity contribution is 0.0711. The highest BCUT2D eigenvalue weighted by Crippen LogP contribution is 2.13. The molecule has 0 aliphatic carbocycles. The summed E-state index contributed by atoms with van der Waals surface area (Å²) in [6.07, 6.45) is 0.561. The summed E-state index contributed by atoms with van der Waals surface area (Å²) in [5, 5.41) is 0. The van der Waals surface area contributed by atoms with Crippen LogP contribution in [0.3, 0.4) is 0 Å². The van der Waals surface area contributed by atoms with Crippen molar-refractivity contribution in [3.8, 4) is 0 Å². The Bertz CT molecular complexity index is 443. The minimum atomic E-state index is 0.0411. The number of benzene rings is 1. The molecule has 4 heteroatoms. The Labute approximate surface area is 114 Å². The normalized spacial score (nSPS) is 10.4. The Kier molecular flexibility index (Phi) is 5.28.